The van der Waals surface area contributed by atoms with Crippen molar-refractivity contribution in [2.45, 2.75) is 26.3 Å². The molecule has 2 aromatic rings. The van der Waals surface area contributed by atoms with E-state index in [2.05, 4.69) is 20.1 Å². The van der Waals surface area contributed by atoms with Gasteiger partial charge < -0.3 is 5.32 Å². The molecule has 0 saturated heterocycles. The van der Waals surface area contributed by atoms with E-state index in [0.717, 1.165) is 17.3 Å². The van der Waals surface area contributed by atoms with Gasteiger partial charge in [0.15, 0.2) is 5.65 Å². The number of carbonyl (C=O) groups excluding carboxylic acids is 1. The van der Waals surface area contributed by atoms with Crippen molar-refractivity contribution in [2.75, 3.05) is 18.1 Å². The van der Waals surface area contributed by atoms with Gasteiger partial charge in [-0.2, -0.15) is 5.10 Å². The van der Waals surface area contributed by atoms with E-state index >= 15 is 0 Å². The molecule has 0 unspecified atom stereocenters. The van der Waals surface area contributed by atoms with Crippen LogP contribution >= 0.6 is 0 Å². The average molecular weight is 325 g/mol. The summed E-state index contributed by atoms with van der Waals surface area (Å²) in [6.07, 6.45) is 4.36. The number of anilines is 1. The van der Waals surface area contributed by atoms with Crippen molar-refractivity contribution in [1.29, 1.82) is 0 Å². The topological polar surface area (TPSA) is 106 Å². The van der Waals surface area contributed by atoms with Gasteiger partial charge in [0.1, 0.15) is 0 Å². The zero-order valence-corrected chi connectivity index (χ0v) is 13.5. The van der Waals surface area contributed by atoms with Gasteiger partial charge in [-0.1, -0.05) is 0 Å². The molecule has 2 aromatic heterocycles. The van der Waals surface area contributed by atoms with Gasteiger partial charge in [-0.3, -0.25) is 4.79 Å². The van der Waals surface area contributed by atoms with Crippen molar-refractivity contribution in [3.8, 4) is 0 Å². The van der Waals surface area contributed by atoms with Crippen LogP contribution < -0.4 is 10.0 Å². The fourth-order valence-corrected chi connectivity index (χ4v) is 2.43. The third-order valence-electron chi connectivity index (χ3n) is 2.92. The molecular weight excluding hydrogens is 306 g/mol. The summed E-state index contributed by atoms with van der Waals surface area (Å²) in [7, 11) is -3.28. The Labute approximate surface area is 129 Å². The van der Waals surface area contributed by atoms with Crippen molar-refractivity contribution >= 4 is 32.7 Å². The van der Waals surface area contributed by atoms with Crippen molar-refractivity contribution in [3.05, 3.63) is 18.5 Å². The van der Waals surface area contributed by atoms with Crippen molar-refractivity contribution in [3.63, 3.8) is 0 Å². The first-order valence-corrected chi connectivity index (χ1v) is 8.73. The minimum Gasteiger partial charge on any atom is -0.325 e. The summed E-state index contributed by atoms with van der Waals surface area (Å²) in [5.74, 6) is -0.284. The predicted octanol–water partition coefficient (Wildman–Crippen LogP) is 0.890. The van der Waals surface area contributed by atoms with Gasteiger partial charge in [0.05, 0.1) is 24.3 Å². The van der Waals surface area contributed by atoms with Crippen LogP contribution in [0.5, 0.6) is 0 Å². The molecular formula is C13H19N5O3S. The van der Waals surface area contributed by atoms with Crippen LogP contribution in [-0.2, 0) is 14.8 Å². The van der Waals surface area contributed by atoms with Crippen LogP contribution in [0.4, 0.5) is 5.69 Å². The van der Waals surface area contributed by atoms with E-state index in [1.807, 2.05) is 13.8 Å². The second-order valence-electron chi connectivity index (χ2n) is 5.28. The van der Waals surface area contributed by atoms with Crippen LogP contribution in [0.25, 0.3) is 11.0 Å². The van der Waals surface area contributed by atoms with Crippen LogP contribution in [-0.4, -0.2) is 41.9 Å². The van der Waals surface area contributed by atoms with Crippen LogP contribution in [0, 0.1) is 0 Å². The van der Waals surface area contributed by atoms with Crippen LogP contribution in [0.15, 0.2) is 18.5 Å². The number of aromatic nitrogens is 3. The minimum absolute atomic E-state index is 0.0519. The van der Waals surface area contributed by atoms with Gasteiger partial charge in [0.2, 0.25) is 15.9 Å². The van der Waals surface area contributed by atoms with Crippen LogP contribution in [0.1, 0.15) is 26.3 Å². The molecule has 0 saturated carbocycles. The lowest BCUT2D eigenvalue weighted by molar-refractivity contribution is -0.116. The van der Waals surface area contributed by atoms with Gasteiger partial charge >= 0.3 is 0 Å². The quantitative estimate of drug-likeness (QED) is 0.820. The van der Waals surface area contributed by atoms with E-state index in [-0.39, 0.29) is 24.9 Å². The lowest BCUT2D eigenvalue weighted by Gasteiger charge is -2.07. The Morgan fingerprint density at radius 2 is 2.09 bits per heavy atom. The minimum atomic E-state index is -3.28. The third kappa shape index (κ3) is 4.25. The summed E-state index contributed by atoms with van der Waals surface area (Å²) < 4.78 is 25.9. The zero-order chi connectivity index (χ0) is 16.3. The highest BCUT2D eigenvalue weighted by Crippen LogP contribution is 2.19. The number of carbonyl (C=O) groups is 1. The molecule has 2 N–H and O–H groups in total. The smallest absolute Gasteiger partial charge is 0.225 e. The van der Waals surface area contributed by atoms with Crippen molar-refractivity contribution < 1.29 is 13.2 Å². The Kier molecular flexibility index (Phi) is 4.77. The van der Waals surface area contributed by atoms with E-state index in [1.165, 1.54) is 0 Å². The molecule has 0 radical (unpaired) electrons. The summed E-state index contributed by atoms with van der Waals surface area (Å²) >= 11 is 0. The molecule has 0 atom stereocenters. The lowest BCUT2D eigenvalue weighted by atomic mass is 10.3. The molecule has 8 nitrogen and oxygen atoms in total. The summed E-state index contributed by atoms with van der Waals surface area (Å²) in [5.41, 5.74) is 1.31. The van der Waals surface area contributed by atoms with E-state index in [1.54, 1.807) is 23.1 Å². The molecule has 9 heteroatoms. The highest BCUT2D eigenvalue weighted by Gasteiger charge is 2.10. The molecule has 0 spiro atoms. The Morgan fingerprint density at radius 1 is 1.36 bits per heavy atom. The van der Waals surface area contributed by atoms with E-state index in [9.17, 15) is 13.2 Å². The highest BCUT2D eigenvalue weighted by atomic mass is 32.2. The second kappa shape index (κ2) is 6.41. The summed E-state index contributed by atoms with van der Waals surface area (Å²) in [6.45, 7) is 4.09. The first-order valence-electron chi connectivity index (χ1n) is 6.84. The summed E-state index contributed by atoms with van der Waals surface area (Å²) in [5, 5.41) is 7.78. The number of amides is 1. The maximum Gasteiger partial charge on any atom is 0.225 e. The molecule has 2 rings (SSSR count). The maximum atomic E-state index is 11.8. The summed E-state index contributed by atoms with van der Waals surface area (Å²) in [4.78, 5) is 16.1. The number of nitrogens with one attached hydrogen (secondary N) is 2. The predicted molar refractivity (Wildman–Crippen MR) is 84.0 cm³/mol. The molecule has 1 amide bonds. The number of pyridine rings is 1. The Balaban J connectivity index is 2.01. The van der Waals surface area contributed by atoms with E-state index < -0.39 is 10.0 Å². The number of rotatable bonds is 6. The number of sulfonamides is 1. The Bertz CT molecular complexity index is 782. The molecule has 0 aliphatic rings. The summed E-state index contributed by atoms with van der Waals surface area (Å²) in [6, 6.07) is 1.99. The largest absolute Gasteiger partial charge is 0.325 e. The number of hydrogen-bond acceptors (Lipinski definition) is 5. The van der Waals surface area contributed by atoms with Gasteiger partial charge in [0, 0.05) is 24.4 Å². The molecule has 0 aliphatic heterocycles. The Morgan fingerprint density at radius 3 is 2.73 bits per heavy atom. The zero-order valence-electron chi connectivity index (χ0n) is 12.7. The lowest BCUT2D eigenvalue weighted by Crippen LogP contribution is -2.26. The van der Waals surface area contributed by atoms with Crippen LogP contribution in [0.2, 0.25) is 0 Å². The SMILES string of the molecule is CC(C)n1ncc2cc(NC(=O)CCNS(C)(=O)=O)cnc21. The monoisotopic (exact) mass is 325 g/mol. The third-order valence-corrected chi connectivity index (χ3v) is 3.65. The molecule has 0 fully saturated rings. The van der Waals surface area contributed by atoms with Crippen LogP contribution in [0.3, 0.4) is 0 Å². The standard InChI is InChI=1S/C13H19N5O3S/c1-9(2)18-13-10(7-15-18)6-11(8-14-13)17-12(19)4-5-16-22(3,20)21/h6-9,16H,4-5H2,1-3H3,(H,17,19). The molecule has 2 heterocycles. The van der Waals surface area contributed by atoms with Gasteiger partial charge in [-0.15, -0.1) is 0 Å². The molecule has 120 valence electrons. The van der Waals surface area contributed by atoms with E-state index in [0.29, 0.717) is 5.69 Å². The molecule has 0 aliphatic carbocycles. The van der Waals surface area contributed by atoms with Gasteiger partial charge in [-0.05, 0) is 19.9 Å². The normalized spacial score (nSPS) is 12.0. The highest BCUT2D eigenvalue weighted by molar-refractivity contribution is 7.88. The Hall–Kier alpha value is -2.00. The van der Waals surface area contributed by atoms with Crippen molar-refractivity contribution in [2.24, 2.45) is 0 Å². The van der Waals surface area contributed by atoms with E-state index in [4.69, 9.17) is 0 Å². The fourth-order valence-electron chi connectivity index (χ4n) is 1.96. The number of hydrogen-bond donors (Lipinski definition) is 2. The molecule has 0 bridgehead atoms. The average Bonchev–Trinajstić information content (AvgIpc) is 2.80. The van der Waals surface area contributed by atoms with Gasteiger partial charge in [0.25, 0.3) is 0 Å². The number of nitrogens with zero attached hydrogens (tertiary/aromatic N) is 3. The first-order chi connectivity index (χ1) is 10.3. The maximum absolute atomic E-state index is 11.8. The van der Waals surface area contributed by atoms with Crippen molar-refractivity contribution in [1.82, 2.24) is 19.5 Å². The number of fused-ring (bicyclic) bond motifs is 1. The van der Waals surface area contributed by atoms with Gasteiger partial charge in [-0.25, -0.2) is 22.8 Å². The molecule has 0 aromatic carbocycles. The fraction of sp³-hybridized carbons (Fsp3) is 0.462. The first kappa shape index (κ1) is 16.4. The molecule has 22 heavy (non-hydrogen) atoms. The second-order valence-corrected chi connectivity index (χ2v) is 7.12.